The van der Waals surface area contributed by atoms with Crippen molar-refractivity contribution in [1.29, 1.82) is 5.26 Å². The predicted molar refractivity (Wildman–Crippen MR) is 75.7 cm³/mol. The van der Waals surface area contributed by atoms with Crippen molar-refractivity contribution in [2.24, 2.45) is 5.92 Å². The molecule has 1 aromatic rings. The zero-order valence-electron chi connectivity index (χ0n) is 11.4. The third kappa shape index (κ3) is 2.85. The molecule has 1 aliphatic heterocycles. The highest BCUT2D eigenvalue weighted by Crippen LogP contribution is 2.28. The Labute approximate surface area is 110 Å². The van der Waals surface area contributed by atoms with E-state index in [1.165, 1.54) is 31.2 Å². The number of nitriles is 1. The van der Waals surface area contributed by atoms with Crippen molar-refractivity contribution in [3.8, 4) is 6.07 Å². The van der Waals surface area contributed by atoms with Gasteiger partial charge in [-0.1, -0.05) is 25.8 Å². The number of aryl methyl sites for hydroxylation is 1. The molecular formula is C16H22N2. The average Bonchev–Trinajstić information content (AvgIpc) is 2.40. The fourth-order valence-electron chi connectivity index (χ4n) is 2.87. The Bertz CT molecular complexity index is 437. The van der Waals surface area contributed by atoms with Crippen LogP contribution in [0.25, 0.3) is 0 Å². The summed E-state index contributed by atoms with van der Waals surface area (Å²) < 4.78 is 0. The molecule has 0 amide bonds. The summed E-state index contributed by atoms with van der Waals surface area (Å²) in [5, 5.41) is 9.20. The fourth-order valence-corrected chi connectivity index (χ4v) is 2.87. The van der Waals surface area contributed by atoms with Crippen LogP contribution in [0.5, 0.6) is 0 Å². The van der Waals surface area contributed by atoms with Gasteiger partial charge in [0.05, 0.1) is 11.3 Å². The molecule has 1 aromatic carbocycles. The van der Waals surface area contributed by atoms with Gasteiger partial charge in [-0.2, -0.15) is 5.26 Å². The first-order chi connectivity index (χ1) is 8.74. The fraction of sp³-hybridized carbons (Fsp3) is 0.562. The second kappa shape index (κ2) is 5.91. The van der Waals surface area contributed by atoms with Crippen LogP contribution in [-0.2, 0) is 0 Å². The molecule has 1 heterocycles. The van der Waals surface area contributed by atoms with Gasteiger partial charge < -0.3 is 4.90 Å². The van der Waals surface area contributed by atoms with Crippen molar-refractivity contribution in [1.82, 2.24) is 0 Å². The molecule has 96 valence electrons. The molecule has 0 spiro atoms. The summed E-state index contributed by atoms with van der Waals surface area (Å²) >= 11 is 0. The van der Waals surface area contributed by atoms with Crippen molar-refractivity contribution in [3.05, 3.63) is 29.3 Å². The van der Waals surface area contributed by atoms with Crippen LogP contribution < -0.4 is 4.90 Å². The molecule has 0 unspecified atom stereocenters. The van der Waals surface area contributed by atoms with Gasteiger partial charge in [0.25, 0.3) is 0 Å². The minimum Gasteiger partial charge on any atom is -0.370 e. The average molecular weight is 242 g/mol. The summed E-state index contributed by atoms with van der Waals surface area (Å²) in [5.74, 6) is 0.890. The summed E-state index contributed by atoms with van der Waals surface area (Å²) in [7, 11) is 0. The number of anilines is 1. The van der Waals surface area contributed by atoms with Crippen LogP contribution >= 0.6 is 0 Å². The molecule has 0 N–H and O–H groups in total. The van der Waals surface area contributed by atoms with Gasteiger partial charge in [-0.05, 0) is 43.4 Å². The SMILES string of the molecule is CCCC1CCN(c2cc(C)ccc2C#N)CC1. The monoisotopic (exact) mass is 242 g/mol. The minimum atomic E-state index is 0.814. The standard InChI is InChI=1S/C16H22N2/c1-3-4-14-7-9-18(10-8-14)16-11-13(2)5-6-15(16)12-17/h5-6,11,14H,3-4,7-10H2,1-2H3. The quantitative estimate of drug-likeness (QED) is 0.804. The second-order valence-electron chi connectivity index (χ2n) is 5.35. The van der Waals surface area contributed by atoms with Crippen LogP contribution in [0, 0.1) is 24.2 Å². The maximum absolute atomic E-state index is 9.20. The van der Waals surface area contributed by atoms with E-state index in [2.05, 4.69) is 30.9 Å². The molecule has 1 aliphatic rings. The number of hydrogen-bond acceptors (Lipinski definition) is 2. The van der Waals surface area contributed by atoms with Gasteiger partial charge in [-0.15, -0.1) is 0 Å². The van der Waals surface area contributed by atoms with Crippen molar-refractivity contribution in [3.63, 3.8) is 0 Å². The molecule has 2 nitrogen and oxygen atoms in total. The molecule has 0 atom stereocenters. The summed E-state index contributed by atoms with van der Waals surface area (Å²) in [6.45, 7) is 6.56. The van der Waals surface area contributed by atoms with Crippen LogP contribution in [0.1, 0.15) is 43.7 Å². The molecular weight excluding hydrogens is 220 g/mol. The van der Waals surface area contributed by atoms with Gasteiger partial charge in [-0.25, -0.2) is 0 Å². The molecule has 2 heteroatoms. The Balaban J connectivity index is 2.10. The van der Waals surface area contributed by atoms with Crippen molar-refractivity contribution >= 4 is 5.69 Å². The maximum atomic E-state index is 9.20. The van der Waals surface area contributed by atoms with Crippen molar-refractivity contribution < 1.29 is 0 Å². The van der Waals surface area contributed by atoms with Gasteiger partial charge in [0.15, 0.2) is 0 Å². The summed E-state index contributed by atoms with van der Waals surface area (Å²) in [5.41, 5.74) is 3.18. The normalized spacial score (nSPS) is 16.6. The molecule has 0 saturated carbocycles. The molecule has 0 bridgehead atoms. The van der Waals surface area contributed by atoms with Crippen LogP contribution in [0.15, 0.2) is 18.2 Å². The summed E-state index contributed by atoms with van der Waals surface area (Å²) in [4.78, 5) is 2.39. The van der Waals surface area contributed by atoms with Crippen LogP contribution in [0.2, 0.25) is 0 Å². The first-order valence-corrected chi connectivity index (χ1v) is 7.00. The zero-order valence-corrected chi connectivity index (χ0v) is 11.4. The Morgan fingerprint density at radius 1 is 1.33 bits per heavy atom. The highest BCUT2D eigenvalue weighted by atomic mass is 15.1. The Morgan fingerprint density at radius 2 is 2.06 bits per heavy atom. The van der Waals surface area contributed by atoms with E-state index in [-0.39, 0.29) is 0 Å². The van der Waals surface area contributed by atoms with E-state index in [0.29, 0.717) is 0 Å². The smallest absolute Gasteiger partial charge is 0.101 e. The zero-order chi connectivity index (χ0) is 13.0. The largest absolute Gasteiger partial charge is 0.370 e. The topological polar surface area (TPSA) is 27.0 Å². The van der Waals surface area contributed by atoms with E-state index >= 15 is 0 Å². The molecule has 18 heavy (non-hydrogen) atoms. The lowest BCUT2D eigenvalue weighted by molar-refractivity contribution is 0.378. The van der Waals surface area contributed by atoms with Gasteiger partial charge in [0.2, 0.25) is 0 Å². The van der Waals surface area contributed by atoms with E-state index in [1.807, 2.05) is 12.1 Å². The van der Waals surface area contributed by atoms with Crippen molar-refractivity contribution in [2.45, 2.75) is 39.5 Å². The lowest BCUT2D eigenvalue weighted by Crippen LogP contribution is -2.34. The molecule has 1 saturated heterocycles. The first kappa shape index (κ1) is 13.0. The van der Waals surface area contributed by atoms with E-state index in [9.17, 15) is 5.26 Å². The van der Waals surface area contributed by atoms with Crippen LogP contribution in [0.3, 0.4) is 0 Å². The molecule has 0 radical (unpaired) electrons. The highest BCUT2D eigenvalue weighted by Gasteiger charge is 2.20. The van der Waals surface area contributed by atoms with Crippen molar-refractivity contribution in [2.75, 3.05) is 18.0 Å². The van der Waals surface area contributed by atoms with Gasteiger partial charge in [-0.3, -0.25) is 0 Å². The Morgan fingerprint density at radius 3 is 2.67 bits per heavy atom. The van der Waals surface area contributed by atoms with E-state index in [1.54, 1.807) is 0 Å². The van der Waals surface area contributed by atoms with Gasteiger partial charge in [0.1, 0.15) is 6.07 Å². The number of hydrogen-bond donors (Lipinski definition) is 0. The first-order valence-electron chi connectivity index (χ1n) is 7.00. The highest BCUT2D eigenvalue weighted by molar-refractivity contribution is 5.60. The number of nitrogens with zero attached hydrogens (tertiary/aromatic N) is 2. The Kier molecular flexibility index (Phi) is 4.25. The number of piperidine rings is 1. The molecule has 1 fully saturated rings. The summed E-state index contributed by atoms with van der Waals surface area (Å²) in [6, 6.07) is 8.43. The predicted octanol–water partition coefficient (Wildman–Crippen LogP) is 3.88. The number of benzene rings is 1. The lowest BCUT2D eigenvalue weighted by atomic mass is 9.92. The maximum Gasteiger partial charge on any atom is 0.101 e. The molecule has 0 aromatic heterocycles. The Hall–Kier alpha value is -1.49. The van der Waals surface area contributed by atoms with E-state index in [4.69, 9.17) is 0 Å². The van der Waals surface area contributed by atoms with Gasteiger partial charge in [0, 0.05) is 13.1 Å². The van der Waals surface area contributed by atoms with Crippen LogP contribution in [-0.4, -0.2) is 13.1 Å². The van der Waals surface area contributed by atoms with E-state index < -0.39 is 0 Å². The van der Waals surface area contributed by atoms with Gasteiger partial charge >= 0.3 is 0 Å². The summed E-state index contributed by atoms with van der Waals surface area (Å²) in [6.07, 6.45) is 5.19. The van der Waals surface area contributed by atoms with Crippen LogP contribution in [0.4, 0.5) is 5.69 Å². The third-order valence-corrected chi connectivity index (χ3v) is 3.93. The molecule has 2 rings (SSSR count). The minimum absolute atomic E-state index is 0.814. The molecule has 0 aliphatic carbocycles. The lowest BCUT2D eigenvalue weighted by Gasteiger charge is -2.34. The second-order valence-corrected chi connectivity index (χ2v) is 5.35. The third-order valence-electron chi connectivity index (χ3n) is 3.93. The van der Waals surface area contributed by atoms with E-state index in [0.717, 1.165) is 30.3 Å². The number of rotatable bonds is 3.